The van der Waals surface area contributed by atoms with Crippen molar-refractivity contribution >= 4 is 0 Å². The first-order chi connectivity index (χ1) is 5.86. The summed E-state index contributed by atoms with van der Waals surface area (Å²) in [4.78, 5) is 4.11. The van der Waals surface area contributed by atoms with E-state index in [4.69, 9.17) is 11.0 Å². The third-order valence-corrected chi connectivity index (χ3v) is 1.56. The second kappa shape index (κ2) is 4.47. The van der Waals surface area contributed by atoms with E-state index in [1.807, 2.05) is 18.2 Å². The lowest BCUT2D eigenvalue weighted by atomic mass is 10.2. The van der Waals surface area contributed by atoms with Crippen LogP contribution in [-0.4, -0.2) is 11.5 Å². The van der Waals surface area contributed by atoms with Crippen LogP contribution in [0.5, 0.6) is 0 Å². The average Bonchev–Trinajstić information content (AvgIpc) is 2.15. The fraction of sp³-hybridized carbons (Fsp3) is 0.333. The molecule has 0 radical (unpaired) electrons. The highest BCUT2D eigenvalue weighted by atomic mass is 14.7. The molecule has 1 aromatic heterocycles. The smallest absolute Gasteiger partial charge is 0.140 e. The van der Waals surface area contributed by atoms with Gasteiger partial charge in [0.05, 0.1) is 0 Å². The Morgan fingerprint density at radius 1 is 1.50 bits per heavy atom. The van der Waals surface area contributed by atoms with Gasteiger partial charge in [0.2, 0.25) is 0 Å². The van der Waals surface area contributed by atoms with E-state index in [1.54, 1.807) is 6.07 Å². The topological polar surface area (TPSA) is 62.7 Å². The van der Waals surface area contributed by atoms with Gasteiger partial charge in [-0.2, -0.15) is 5.26 Å². The number of hydrogen-bond acceptors (Lipinski definition) is 3. The van der Waals surface area contributed by atoms with E-state index >= 15 is 0 Å². The number of pyridine rings is 1. The summed E-state index contributed by atoms with van der Waals surface area (Å²) in [5.41, 5.74) is 6.77. The van der Waals surface area contributed by atoms with Crippen LogP contribution < -0.4 is 5.73 Å². The van der Waals surface area contributed by atoms with Crippen molar-refractivity contribution in [3.8, 4) is 6.07 Å². The Bertz CT molecular complexity index is 288. The van der Waals surface area contributed by atoms with Gasteiger partial charge < -0.3 is 5.73 Å². The first kappa shape index (κ1) is 8.69. The lowest BCUT2D eigenvalue weighted by molar-refractivity contribution is 0.809. The average molecular weight is 161 g/mol. The summed E-state index contributed by atoms with van der Waals surface area (Å²) >= 11 is 0. The summed E-state index contributed by atoms with van der Waals surface area (Å²) in [6, 6.07) is 7.46. The van der Waals surface area contributed by atoms with Crippen LogP contribution >= 0.6 is 0 Å². The van der Waals surface area contributed by atoms with E-state index in [0.717, 1.165) is 18.5 Å². The SMILES string of the molecule is N#Cc1cccc(CCCN)n1. The van der Waals surface area contributed by atoms with Crippen LogP contribution in [0.4, 0.5) is 0 Å². The number of aryl methyl sites for hydroxylation is 1. The zero-order valence-corrected chi connectivity index (χ0v) is 6.83. The van der Waals surface area contributed by atoms with Gasteiger partial charge in [-0.1, -0.05) is 6.07 Å². The Labute approximate surface area is 71.8 Å². The molecular formula is C9H11N3. The normalized spacial score (nSPS) is 9.33. The molecule has 0 unspecified atom stereocenters. The zero-order chi connectivity index (χ0) is 8.81. The Morgan fingerprint density at radius 2 is 2.33 bits per heavy atom. The van der Waals surface area contributed by atoms with E-state index in [9.17, 15) is 0 Å². The van der Waals surface area contributed by atoms with Gasteiger partial charge >= 0.3 is 0 Å². The molecule has 0 amide bonds. The number of nitriles is 1. The second-order valence-corrected chi connectivity index (χ2v) is 2.52. The van der Waals surface area contributed by atoms with Gasteiger partial charge in [0.1, 0.15) is 11.8 Å². The summed E-state index contributed by atoms with van der Waals surface area (Å²) in [7, 11) is 0. The maximum absolute atomic E-state index is 8.55. The number of rotatable bonds is 3. The molecule has 0 fully saturated rings. The van der Waals surface area contributed by atoms with Gasteiger partial charge in [-0.05, 0) is 31.5 Å². The lowest BCUT2D eigenvalue weighted by Gasteiger charge is -1.97. The summed E-state index contributed by atoms with van der Waals surface area (Å²) in [5.74, 6) is 0. The third-order valence-electron chi connectivity index (χ3n) is 1.56. The van der Waals surface area contributed by atoms with Crippen molar-refractivity contribution in [2.75, 3.05) is 6.54 Å². The van der Waals surface area contributed by atoms with Crippen LogP contribution in [0, 0.1) is 11.3 Å². The van der Waals surface area contributed by atoms with E-state index < -0.39 is 0 Å². The molecule has 0 saturated carbocycles. The molecule has 1 heterocycles. The maximum Gasteiger partial charge on any atom is 0.140 e. The molecule has 0 saturated heterocycles. The van der Waals surface area contributed by atoms with Crippen molar-refractivity contribution in [2.24, 2.45) is 5.73 Å². The Kier molecular flexibility index (Phi) is 3.24. The standard InChI is InChI=1S/C9H11N3/c10-6-2-5-8-3-1-4-9(7-11)12-8/h1,3-4H,2,5-6,10H2. The molecule has 2 N–H and O–H groups in total. The van der Waals surface area contributed by atoms with Crippen LogP contribution in [0.3, 0.4) is 0 Å². The third kappa shape index (κ3) is 2.33. The van der Waals surface area contributed by atoms with Gasteiger partial charge in [0.15, 0.2) is 0 Å². The molecule has 3 nitrogen and oxygen atoms in total. The summed E-state index contributed by atoms with van der Waals surface area (Å²) in [5, 5.41) is 8.55. The van der Waals surface area contributed by atoms with Crippen LogP contribution in [-0.2, 0) is 6.42 Å². The van der Waals surface area contributed by atoms with Crippen molar-refractivity contribution in [3.05, 3.63) is 29.6 Å². The fourth-order valence-electron chi connectivity index (χ4n) is 0.964. The molecule has 1 aromatic rings. The minimum Gasteiger partial charge on any atom is -0.330 e. The zero-order valence-electron chi connectivity index (χ0n) is 6.83. The largest absolute Gasteiger partial charge is 0.330 e. The van der Waals surface area contributed by atoms with Gasteiger partial charge in [0, 0.05) is 5.69 Å². The monoisotopic (exact) mass is 161 g/mol. The van der Waals surface area contributed by atoms with Crippen molar-refractivity contribution in [3.63, 3.8) is 0 Å². The van der Waals surface area contributed by atoms with Crippen molar-refractivity contribution in [1.29, 1.82) is 5.26 Å². The fourth-order valence-corrected chi connectivity index (χ4v) is 0.964. The molecule has 0 bridgehead atoms. The molecular weight excluding hydrogens is 150 g/mol. The van der Waals surface area contributed by atoms with Crippen LogP contribution in [0.15, 0.2) is 18.2 Å². The first-order valence-electron chi connectivity index (χ1n) is 3.93. The van der Waals surface area contributed by atoms with E-state index in [1.165, 1.54) is 0 Å². The highest BCUT2D eigenvalue weighted by Gasteiger charge is 1.95. The quantitative estimate of drug-likeness (QED) is 0.714. The molecule has 0 spiro atoms. The highest BCUT2D eigenvalue weighted by molar-refractivity contribution is 5.22. The Balaban J connectivity index is 2.68. The minimum absolute atomic E-state index is 0.476. The molecule has 1 rings (SSSR count). The predicted octanol–water partition coefficient (Wildman–Crippen LogP) is 0.845. The maximum atomic E-state index is 8.55. The van der Waals surface area contributed by atoms with Gasteiger partial charge in [0.25, 0.3) is 0 Å². The summed E-state index contributed by atoms with van der Waals surface area (Å²) in [6.07, 6.45) is 1.77. The lowest BCUT2D eigenvalue weighted by Crippen LogP contribution is -2.01. The number of nitrogens with zero attached hydrogens (tertiary/aromatic N) is 2. The van der Waals surface area contributed by atoms with Crippen LogP contribution in [0.1, 0.15) is 17.8 Å². The molecule has 62 valence electrons. The number of nitrogens with two attached hydrogens (primary N) is 1. The van der Waals surface area contributed by atoms with Crippen molar-refractivity contribution in [1.82, 2.24) is 4.98 Å². The van der Waals surface area contributed by atoms with E-state index in [-0.39, 0.29) is 0 Å². The summed E-state index contributed by atoms with van der Waals surface area (Å²) in [6.45, 7) is 0.665. The number of hydrogen-bond donors (Lipinski definition) is 1. The van der Waals surface area contributed by atoms with Gasteiger partial charge in [-0.15, -0.1) is 0 Å². The van der Waals surface area contributed by atoms with Crippen molar-refractivity contribution in [2.45, 2.75) is 12.8 Å². The minimum atomic E-state index is 0.476. The molecule has 0 atom stereocenters. The van der Waals surface area contributed by atoms with Crippen LogP contribution in [0.2, 0.25) is 0 Å². The first-order valence-corrected chi connectivity index (χ1v) is 3.93. The highest BCUT2D eigenvalue weighted by Crippen LogP contribution is 2.00. The predicted molar refractivity (Wildman–Crippen MR) is 46.3 cm³/mol. The second-order valence-electron chi connectivity index (χ2n) is 2.52. The molecule has 0 aliphatic heterocycles. The molecule has 0 aliphatic carbocycles. The van der Waals surface area contributed by atoms with Gasteiger partial charge in [-0.3, -0.25) is 0 Å². The van der Waals surface area contributed by atoms with Gasteiger partial charge in [-0.25, -0.2) is 4.98 Å². The molecule has 0 aliphatic rings. The molecule has 12 heavy (non-hydrogen) atoms. The molecule has 3 heteroatoms. The summed E-state index contributed by atoms with van der Waals surface area (Å²) < 4.78 is 0. The number of aromatic nitrogens is 1. The van der Waals surface area contributed by atoms with E-state index in [0.29, 0.717) is 12.2 Å². The van der Waals surface area contributed by atoms with Crippen LogP contribution in [0.25, 0.3) is 0 Å². The Hall–Kier alpha value is -1.40. The van der Waals surface area contributed by atoms with Crippen molar-refractivity contribution < 1.29 is 0 Å². The van der Waals surface area contributed by atoms with E-state index in [2.05, 4.69) is 4.98 Å². The molecule has 0 aromatic carbocycles. The Morgan fingerprint density at radius 3 is 3.00 bits per heavy atom.